The Morgan fingerprint density at radius 3 is 2.95 bits per heavy atom. The summed E-state index contributed by atoms with van der Waals surface area (Å²) in [6, 6.07) is 8.11. The van der Waals surface area contributed by atoms with Crippen LogP contribution in [0.3, 0.4) is 0 Å². The van der Waals surface area contributed by atoms with Gasteiger partial charge in [-0.1, -0.05) is 28.1 Å². The number of anilines is 1. The topological polar surface area (TPSA) is 71.4 Å². The summed E-state index contributed by atoms with van der Waals surface area (Å²) in [5.74, 6) is 1.49. The molecule has 2 heterocycles. The van der Waals surface area contributed by atoms with E-state index in [1.165, 1.54) is 0 Å². The lowest BCUT2D eigenvalue weighted by molar-refractivity contribution is 0.758. The Bertz CT molecular complexity index is 760. The SMILES string of the molecule is Cc1nc(NCc2cn[nH]c2-c2cccc(Br)c2)n(C)n1. The van der Waals surface area contributed by atoms with E-state index in [4.69, 9.17) is 0 Å². The first-order chi connectivity index (χ1) is 10.1. The maximum Gasteiger partial charge on any atom is 0.221 e. The fourth-order valence-electron chi connectivity index (χ4n) is 2.18. The van der Waals surface area contributed by atoms with E-state index in [-0.39, 0.29) is 0 Å². The molecular formula is C14H15BrN6. The zero-order chi connectivity index (χ0) is 14.8. The number of nitrogens with zero attached hydrogens (tertiary/aromatic N) is 4. The predicted molar refractivity (Wildman–Crippen MR) is 84.8 cm³/mol. The van der Waals surface area contributed by atoms with Gasteiger partial charge in [-0.3, -0.25) is 5.10 Å². The molecule has 0 atom stereocenters. The van der Waals surface area contributed by atoms with E-state index < -0.39 is 0 Å². The summed E-state index contributed by atoms with van der Waals surface area (Å²) in [7, 11) is 1.87. The number of rotatable bonds is 4. The molecular weight excluding hydrogens is 332 g/mol. The number of halogens is 1. The van der Waals surface area contributed by atoms with Crippen molar-refractivity contribution in [3.63, 3.8) is 0 Å². The Morgan fingerprint density at radius 1 is 1.38 bits per heavy atom. The van der Waals surface area contributed by atoms with E-state index >= 15 is 0 Å². The van der Waals surface area contributed by atoms with Crippen LogP contribution >= 0.6 is 15.9 Å². The number of hydrogen-bond donors (Lipinski definition) is 2. The molecule has 7 heteroatoms. The second kappa shape index (κ2) is 5.69. The first-order valence-corrected chi connectivity index (χ1v) is 7.32. The minimum Gasteiger partial charge on any atom is -0.350 e. The fraction of sp³-hybridized carbons (Fsp3) is 0.214. The summed E-state index contributed by atoms with van der Waals surface area (Å²) in [4.78, 5) is 4.33. The van der Waals surface area contributed by atoms with E-state index in [1.54, 1.807) is 4.68 Å². The average molecular weight is 347 g/mol. The summed E-state index contributed by atoms with van der Waals surface area (Å²) >= 11 is 3.49. The van der Waals surface area contributed by atoms with Gasteiger partial charge in [-0.2, -0.15) is 15.2 Å². The highest BCUT2D eigenvalue weighted by Crippen LogP contribution is 2.24. The lowest BCUT2D eigenvalue weighted by atomic mass is 10.1. The summed E-state index contributed by atoms with van der Waals surface area (Å²) < 4.78 is 2.77. The number of nitrogens with one attached hydrogen (secondary N) is 2. The molecule has 108 valence electrons. The number of H-pyrrole nitrogens is 1. The standard InChI is InChI=1S/C14H15BrN6/c1-9-18-14(21(2)20-9)16-7-11-8-17-19-13(11)10-4-3-5-12(15)6-10/h3-6,8H,7H2,1-2H3,(H,17,19)(H,16,18,20). The van der Waals surface area contributed by atoms with E-state index in [1.807, 2.05) is 38.4 Å². The number of hydrogen-bond acceptors (Lipinski definition) is 4. The molecule has 0 unspecified atom stereocenters. The van der Waals surface area contributed by atoms with Crippen LogP contribution in [-0.4, -0.2) is 25.0 Å². The molecule has 0 aliphatic heterocycles. The number of aromatic nitrogens is 5. The van der Waals surface area contributed by atoms with Crippen molar-refractivity contribution in [1.82, 2.24) is 25.0 Å². The van der Waals surface area contributed by atoms with Gasteiger partial charge in [0.1, 0.15) is 5.82 Å². The lowest BCUT2D eigenvalue weighted by Crippen LogP contribution is -2.06. The van der Waals surface area contributed by atoms with Gasteiger partial charge in [0, 0.05) is 29.2 Å². The lowest BCUT2D eigenvalue weighted by Gasteiger charge is -2.06. The highest BCUT2D eigenvalue weighted by atomic mass is 79.9. The Balaban J connectivity index is 1.81. The van der Waals surface area contributed by atoms with Crippen LogP contribution in [0.15, 0.2) is 34.9 Å². The van der Waals surface area contributed by atoms with Crippen molar-refractivity contribution >= 4 is 21.9 Å². The average Bonchev–Trinajstić information content (AvgIpc) is 3.03. The van der Waals surface area contributed by atoms with Crippen LogP contribution in [0, 0.1) is 6.92 Å². The van der Waals surface area contributed by atoms with Crippen LogP contribution < -0.4 is 5.32 Å². The van der Waals surface area contributed by atoms with E-state index in [0.29, 0.717) is 6.54 Å². The van der Waals surface area contributed by atoms with Gasteiger partial charge in [0.05, 0.1) is 11.9 Å². The number of aryl methyl sites for hydroxylation is 2. The van der Waals surface area contributed by atoms with Crippen molar-refractivity contribution in [2.45, 2.75) is 13.5 Å². The van der Waals surface area contributed by atoms with Gasteiger partial charge in [-0.15, -0.1) is 0 Å². The van der Waals surface area contributed by atoms with E-state index in [0.717, 1.165) is 33.1 Å². The molecule has 0 saturated heterocycles. The van der Waals surface area contributed by atoms with Crippen LogP contribution in [0.1, 0.15) is 11.4 Å². The summed E-state index contributed by atoms with van der Waals surface area (Å²) in [6.45, 7) is 2.50. The maximum atomic E-state index is 4.33. The summed E-state index contributed by atoms with van der Waals surface area (Å²) in [5, 5.41) is 14.7. The minimum absolute atomic E-state index is 0.629. The second-order valence-electron chi connectivity index (χ2n) is 4.74. The first kappa shape index (κ1) is 13.8. The Kier molecular flexibility index (Phi) is 3.74. The predicted octanol–water partition coefficient (Wildman–Crippen LogP) is 2.89. The first-order valence-electron chi connectivity index (χ1n) is 6.53. The van der Waals surface area contributed by atoms with Gasteiger partial charge >= 0.3 is 0 Å². The summed E-state index contributed by atoms with van der Waals surface area (Å²) in [6.07, 6.45) is 1.83. The maximum absolute atomic E-state index is 4.33. The Hall–Kier alpha value is -2.15. The molecule has 1 aromatic carbocycles. The van der Waals surface area contributed by atoms with Crippen LogP contribution in [0.5, 0.6) is 0 Å². The Labute approximate surface area is 130 Å². The molecule has 0 bridgehead atoms. The van der Waals surface area contributed by atoms with Crippen LogP contribution in [0.2, 0.25) is 0 Å². The Morgan fingerprint density at radius 2 is 2.24 bits per heavy atom. The van der Waals surface area contributed by atoms with Gasteiger partial charge in [-0.05, 0) is 19.1 Å². The number of aromatic amines is 1. The van der Waals surface area contributed by atoms with Crippen LogP contribution in [0.4, 0.5) is 5.95 Å². The molecule has 2 N–H and O–H groups in total. The molecule has 2 aromatic heterocycles. The highest BCUT2D eigenvalue weighted by Gasteiger charge is 2.09. The molecule has 0 spiro atoms. The van der Waals surface area contributed by atoms with Crippen molar-refractivity contribution in [2.24, 2.45) is 7.05 Å². The molecule has 0 saturated carbocycles. The van der Waals surface area contributed by atoms with Gasteiger partial charge in [0.25, 0.3) is 0 Å². The van der Waals surface area contributed by atoms with Crippen LogP contribution in [0.25, 0.3) is 11.3 Å². The van der Waals surface area contributed by atoms with E-state index in [2.05, 4.69) is 47.6 Å². The normalized spacial score (nSPS) is 10.8. The van der Waals surface area contributed by atoms with Gasteiger partial charge < -0.3 is 5.32 Å². The van der Waals surface area contributed by atoms with E-state index in [9.17, 15) is 0 Å². The number of benzene rings is 1. The quantitative estimate of drug-likeness (QED) is 0.761. The molecule has 0 amide bonds. The highest BCUT2D eigenvalue weighted by molar-refractivity contribution is 9.10. The molecule has 0 aliphatic carbocycles. The van der Waals surface area contributed by atoms with Crippen LogP contribution in [-0.2, 0) is 13.6 Å². The van der Waals surface area contributed by atoms with Crippen molar-refractivity contribution < 1.29 is 0 Å². The third kappa shape index (κ3) is 2.97. The van der Waals surface area contributed by atoms with Crippen molar-refractivity contribution in [3.8, 4) is 11.3 Å². The molecule has 6 nitrogen and oxygen atoms in total. The zero-order valence-corrected chi connectivity index (χ0v) is 13.3. The van der Waals surface area contributed by atoms with Crippen molar-refractivity contribution in [1.29, 1.82) is 0 Å². The van der Waals surface area contributed by atoms with Crippen molar-refractivity contribution in [2.75, 3.05) is 5.32 Å². The third-order valence-electron chi connectivity index (χ3n) is 3.14. The van der Waals surface area contributed by atoms with Gasteiger partial charge in [0.2, 0.25) is 5.95 Å². The minimum atomic E-state index is 0.629. The molecule has 0 fully saturated rings. The molecule has 3 rings (SSSR count). The zero-order valence-electron chi connectivity index (χ0n) is 11.8. The molecule has 3 aromatic rings. The summed E-state index contributed by atoms with van der Waals surface area (Å²) in [5.41, 5.74) is 3.17. The molecule has 21 heavy (non-hydrogen) atoms. The van der Waals surface area contributed by atoms with Crippen molar-refractivity contribution in [3.05, 3.63) is 46.3 Å². The molecule has 0 radical (unpaired) electrons. The fourth-order valence-corrected chi connectivity index (χ4v) is 2.58. The molecule has 0 aliphatic rings. The van der Waals surface area contributed by atoms with Gasteiger partial charge in [0.15, 0.2) is 0 Å². The largest absolute Gasteiger partial charge is 0.350 e. The smallest absolute Gasteiger partial charge is 0.221 e. The third-order valence-corrected chi connectivity index (χ3v) is 3.63. The second-order valence-corrected chi connectivity index (χ2v) is 5.66. The van der Waals surface area contributed by atoms with Gasteiger partial charge in [-0.25, -0.2) is 4.68 Å². The monoisotopic (exact) mass is 346 g/mol.